The summed E-state index contributed by atoms with van der Waals surface area (Å²) in [6.45, 7) is 4.31. The zero-order valence-electron chi connectivity index (χ0n) is 20.2. The van der Waals surface area contributed by atoms with Crippen molar-refractivity contribution in [3.05, 3.63) is 35.4 Å². The third-order valence-corrected chi connectivity index (χ3v) is 8.23. The van der Waals surface area contributed by atoms with Gasteiger partial charge in [-0.1, -0.05) is 24.6 Å². The normalized spacial score (nSPS) is 28.7. The number of amides is 1. The largest absolute Gasteiger partial charge is 0.493 e. The fourth-order valence-corrected chi connectivity index (χ4v) is 6.24. The molecule has 0 unspecified atom stereocenters. The molecule has 1 aromatic rings. The Balaban J connectivity index is 1.21. The highest BCUT2D eigenvalue weighted by Crippen LogP contribution is 2.55. The number of carbonyl (C=O) groups is 1. The number of likely N-dealkylation sites (tertiary alicyclic amines) is 1. The summed E-state index contributed by atoms with van der Waals surface area (Å²) in [4.78, 5) is 17.6. The van der Waals surface area contributed by atoms with E-state index in [0.29, 0.717) is 25.9 Å². The quantitative estimate of drug-likeness (QED) is 0.471. The van der Waals surface area contributed by atoms with Crippen LogP contribution in [0.1, 0.15) is 62.5 Å². The van der Waals surface area contributed by atoms with Gasteiger partial charge in [-0.15, -0.1) is 0 Å². The molecule has 0 saturated carbocycles. The Bertz CT molecular complexity index is 926. The van der Waals surface area contributed by atoms with Crippen LogP contribution in [0.2, 0.25) is 0 Å². The lowest BCUT2D eigenvalue weighted by Crippen LogP contribution is -2.43. The lowest BCUT2D eigenvalue weighted by Gasteiger charge is -2.35. The minimum absolute atomic E-state index is 0.125. The Morgan fingerprint density at radius 2 is 2.00 bits per heavy atom. The van der Waals surface area contributed by atoms with Crippen molar-refractivity contribution in [1.82, 2.24) is 9.80 Å². The standard InChI is InChI=1S/C27H38N2O5/c1-33-22-7-6-19-18-29(24(32)5-3-2-4-13-28-14-9-20(30)10-15-28)16-12-27-11-8-21(31)17-23(27)34-26(22)25(19)27/h6-8,11,20-21,23,30-31H,2-5,9-10,12-18H2,1H3/t21-,23-,27-/m0/s1. The SMILES string of the molecule is COc1ccc2c3c1O[C@H]1C[C@@H](O)C=C[C@@]31CCN(C(=O)CCCCCN1CCC(O)CC1)C2. The number of unbranched alkanes of at least 4 members (excludes halogenated alkanes) is 2. The number of nitrogens with zero attached hydrogens (tertiary/aromatic N) is 2. The third-order valence-electron chi connectivity index (χ3n) is 8.23. The number of benzene rings is 1. The Labute approximate surface area is 202 Å². The zero-order valence-corrected chi connectivity index (χ0v) is 20.2. The number of carbonyl (C=O) groups excluding carboxylic acids is 1. The van der Waals surface area contributed by atoms with Crippen LogP contribution in [-0.2, 0) is 16.8 Å². The van der Waals surface area contributed by atoms with Crippen LogP contribution >= 0.6 is 0 Å². The van der Waals surface area contributed by atoms with Gasteiger partial charge in [0.25, 0.3) is 0 Å². The van der Waals surface area contributed by atoms with Gasteiger partial charge < -0.3 is 29.5 Å². The zero-order chi connectivity index (χ0) is 23.7. The molecule has 1 aliphatic carbocycles. The monoisotopic (exact) mass is 470 g/mol. The summed E-state index contributed by atoms with van der Waals surface area (Å²) < 4.78 is 12.0. The van der Waals surface area contributed by atoms with Crippen molar-refractivity contribution in [2.75, 3.05) is 33.3 Å². The first-order valence-corrected chi connectivity index (χ1v) is 12.9. The van der Waals surface area contributed by atoms with Crippen LogP contribution in [0.4, 0.5) is 0 Å². The minimum atomic E-state index is -0.504. The van der Waals surface area contributed by atoms with Crippen LogP contribution in [0.25, 0.3) is 0 Å². The number of rotatable bonds is 7. The van der Waals surface area contributed by atoms with E-state index in [4.69, 9.17) is 9.47 Å². The van der Waals surface area contributed by atoms with E-state index in [2.05, 4.69) is 17.0 Å². The lowest BCUT2D eigenvalue weighted by molar-refractivity contribution is -0.132. The molecule has 3 aliphatic heterocycles. The Morgan fingerprint density at radius 3 is 2.79 bits per heavy atom. The number of hydrogen-bond acceptors (Lipinski definition) is 6. The fraction of sp³-hybridized carbons (Fsp3) is 0.667. The number of methoxy groups -OCH3 is 1. The lowest BCUT2D eigenvalue weighted by atomic mass is 9.69. The molecule has 0 aromatic heterocycles. The van der Waals surface area contributed by atoms with E-state index < -0.39 is 6.10 Å². The highest BCUT2D eigenvalue weighted by Gasteiger charge is 2.53. The Kier molecular flexibility index (Phi) is 6.87. The van der Waals surface area contributed by atoms with Gasteiger partial charge in [0.2, 0.25) is 5.91 Å². The van der Waals surface area contributed by atoms with Crippen molar-refractivity contribution >= 4 is 5.91 Å². The van der Waals surface area contributed by atoms with Gasteiger partial charge in [-0.25, -0.2) is 0 Å². The molecule has 1 saturated heterocycles. The van der Waals surface area contributed by atoms with Gasteiger partial charge in [0.05, 0.1) is 24.7 Å². The first-order valence-electron chi connectivity index (χ1n) is 12.9. The maximum Gasteiger partial charge on any atom is 0.222 e. The van der Waals surface area contributed by atoms with E-state index in [9.17, 15) is 15.0 Å². The molecule has 2 N–H and O–H groups in total. The van der Waals surface area contributed by atoms with Crippen molar-refractivity contribution in [3.63, 3.8) is 0 Å². The van der Waals surface area contributed by atoms with Gasteiger partial charge >= 0.3 is 0 Å². The molecule has 7 heteroatoms. The van der Waals surface area contributed by atoms with E-state index in [1.165, 1.54) is 0 Å². The number of aliphatic hydroxyl groups excluding tert-OH is 2. The molecular formula is C27H38N2O5. The van der Waals surface area contributed by atoms with Gasteiger partial charge in [0.15, 0.2) is 11.5 Å². The topological polar surface area (TPSA) is 82.5 Å². The molecule has 0 radical (unpaired) electrons. The van der Waals surface area contributed by atoms with Gasteiger partial charge in [0.1, 0.15) is 6.10 Å². The van der Waals surface area contributed by atoms with Gasteiger partial charge in [0, 0.05) is 44.6 Å². The van der Waals surface area contributed by atoms with E-state index in [1.54, 1.807) is 7.11 Å². The molecule has 186 valence electrons. The fourth-order valence-electron chi connectivity index (χ4n) is 6.24. The van der Waals surface area contributed by atoms with Crippen LogP contribution in [0, 0.1) is 0 Å². The summed E-state index contributed by atoms with van der Waals surface area (Å²) in [5.74, 6) is 1.72. The second-order valence-corrected chi connectivity index (χ2v) is 10.4. The van der Waals surface area contributed by atoms with E-state index in [1.807, 2.05) is 17.0 Å². The predicted octanol–water partition coefficient (Wildman–Crippen LogP) is 2.76. The third kappa shape index (κ3) is 4.45. The van der Waals surface area contributed by atoms with Gasteiger partial charge in [-0.05, 0) is 50.3 Å². The van der Waals surface area contributed by atoms with Crippen molar-refractivity contribution in [1.29, 1.82) is 0 Å². The number of ether oxygens (including phenoxy) is 2. The molecule has 0 bridgehead atoms. The van der Waals surface area contributed by atoms with Crippen molar-refractivity contribution in [2.24, 2.45) is 0 Å². The second kappa shape index (κ2) is 9.88. The van der Waals surface area contributed by atoms with E-state index in [0.717, 1.165) is 80.8 Å². The van der Waals surface area contributed by atoms with E-state index in [-0.39, 0.29) is 23.5 Å². The van der Waals surface area contributed by atoms with Crippen LogP contribution < -0.4 is 9.47 Å². The second-order valence-electron chi connectivity index (χ2n) is 10.4. The molecule has 3 atom stereocenters. The maximum absolute atomic E-state index is 13.2. The molecule has 3 heterocycles. The number of piperidine rings is 1. The minimum Gasteiger partial charge on any atom is -0.493 e. The first-order chi connectivity index (χ1) is 16.5. The number of aliphatic hydroxyl groups is 2. The molecule has 1 fully saturated rings. The summed E-state index contributed by atoms with van der Waals surface area (Å²) in [6.07, 6.45) is 9.99. The van der Waals surface area contributed by atoms with Gasteiger partial charge in [-0.2, -0.15) is 0 Å². The Morgan fingerprint density at radius 1 is 1.18 bits per heavy atom. The van der Waals surface area contributed by atoms with E-state index >= 15 is 0 Å². The van der Waals surface area contributed by atoms with Crippen molar-refractivity contribution in [3.8, 4) is 11.5 Å². The maximum atomic E-state index is 13.2. The molecule has 34 heavy (non-hydrogen) atoms. The Hall–Kier alpha value is -2.09. The van der Waals surface area contributed by atoms with Crippen molar-refractivity contribution < 1.29 is 24.5 Å². The molecule has 1 spiro atoms. The highest BCUT2D eigenvalue weighted by molar-refractivity contribution is 5.76. The first kappa shape index (κ1) is 23.6. The van der Waals surface area contributed by atoms with Crippen LogP contribution in [0.15, 0.2) is 24.3 Å². The summed E-state index contributed by atoms with van der Waals surface area (Å²) >= 11 is 0. The smallest absolute Gasteiger partial charge is 0.222 e. The molecule has 4 aliphatic rings. The van der Waals surface area contributed by atoms with Crippen LogP contribution in [0.3, 0.4) is 0 Å². The summed E-state index contributed by atoms with van der Waals surface area (Å²) in [5.41, 5.74) is 1.95. The summed E-state index contributed by atoms with van der Waals surface area (Å²) in [7, 11) is 1.65. The van der Waals surface area contributed by atoms with Crippen LogP contribution in [0.5, 0.6) is 11.5 Å². The average molecular weight is 471 g/mol. The molecule has 1 amide bonds. The number of hydrogen-bond donors (Lipinski definition) is 2. The molecule has 1 aromatic carbocycles. The summed E-state index contributed by atoms with van der Waals surface area (Å²) in [5, 5.41) is 19.9. The molecule has 5 rings (SSSR count). The average Bonchev–Trinajstić information content (AvgIpc) is 3.07. The molecular weight excluding hydrogens is 432 g/mol. The van der Waals surface area contributed by atoms with Crippen molar-refractivity contribution in [2.45, 2.75) is 81.6 Å². The highest BCUT2D eigenvalue weighted by atomic mass is 16.5. The predicted molar refractivity (Wildman–Crippen MR) is 129 cm³/mol. The molecule has 7 nitrogen and oxygen atoms in total. The van der Waals surface area contributed by atoms with Crippen LogP contribution in [-0.4, -0.2) is 77.5 Å². The summed E-state index contributed by atoms with van der Waals surface area (Å²) in [6, 6.07) is 4.01. The van der Waals surface area contributed by atoms with Gasteiger partial charge in [-0.3, -0.25) is 4.79 Å².